The average molecular weight is 796 g/mol. The summed E-state index contributed by atoms with van der Waals surface area (Å²) in [5, 5.41) is 54.1. The number of hydrogen-bond donors (Lipinski definition) is 6. The molecule has 0 bridgehead atoms. The quantitative estimate of drug-likeness (QED) is 0.0266. The molecule has 56 heavy (non-hydrogen) atoms. The number of nitrogens with one attached hydrogen (secondary N) is 1. The van der Waals surface area contributed by atoms with Gasteiger partial charge in [-0.25, -0.2) is 0 Å². The van der Waals surface area contributed by atoms with Gasteiger partial charge >= 0.3 is 0 Å². The van der Waals surface area contributed by atoms with Crippen LogP contribution in [-0.2, 0) is 14.3 Å². The van der Waals surface area contributed by atoms with Crippen molar-refractivity contribution in [2.75, 3.05) is 13.2 Å². The summed E-state index contributed by atoms with van der Waals surface area (Å²) >= 11 is 0. The molecule has 1 rings (SSSR count). The lowest BCUT2D eigenvalue weighted by atomic mass is 9.99. The Bertz CT molecular complexity index is 930. The highest BCUT2D eigenvalue weighted by molar-refractivity contribution is 5.76. The number of carbonyl (C=O) groups excluding carboxylic acids is 1. The van der Waals surface area contributed by atoms with Crippen molar-refractivity contribution >= 4 is 5.91 Å². The Labute approximate surface area is 343 Å². The zero-order chi connectivity index (χ0) is 40.9. The Balaban J connectivity index is 2.34. The van der Waals surface area contributed by atoms with Crippen LogP contribution in [0.15, 0.2) is 24.3 Å². The second-order valence-electron chi connectivity index (χ2n) is 16.5. The molecule has 1 fully saturated rings. The molecule has 0 saturated carbocycles. The molecule has 330 valence electrons. The van der Waals surface area contributed by atoms with E-state index in [-0.39, 0.29) is 12.5 Å². The number of unbranched alkanes of at least 4 members (excludes halogenated alkanes) is 27. The zero-order valence-electron chi connectivity index (χ0n) is 36.1. The summed E-state index contributed by atoms with van der Waals surface area (Å²) in [5.41, 5.74) is 0. The average Bonchev–Trinajstić information content (AvgIpc) is 3.20. The molecule has 0 aromatic rings. The van der Waals surface area contributed by atoms with Crippen molar-refractivity contribution in [2.24, 2.45) is 0 Å². The van der Waals surface area contributed by atoms with Crippen molar-refractivity contribution in [3.63, 3.8) is 0 Å². The van der Waals surface area contributed by atoms with Crippen molar-refractivity contribution in [3.8, 4) is 0 Å². The number of ether oxygens (including phenoxy) is 2. The fourth-order valence-corrected chi connectivity index (χ4v) is 7.47. The lowest BCUT2D eigenvalue weighted by Crippen LogP contribution is -2.60. The van der Waals surface area contributed by atoms with Gasteiger partial charge in [0.15, 0.2) is 6.29 Å². The molecule has 6 N–H and O–H groups in total. The van der Waals surface area contributed by atoms with Gasteiger partial charge in [0.2, 0.25) is 5.91 Å². The third-order valence-corrected chi connectivity index (χ3v) is 11.3. The van der Waals surface area contributed by atoms with Crippen molar-refractivity contribution in [3.05, 3.63) is 24.3 Å². The van der Waals surface area contributed by atoms with Gasteiger partial charge in [-0.05, 0) is 32.1 Å². The van der Waals surface area contributed by atoms with Crippen molar-refractivity contribution in [1.82, 2.24) is 5.32 Å². The lowest BCUT2D eigenvalue weighted by molar-refractivity contribution is -0.302. The van der Waals surface area contributed by atoms with Gasteiger partial charge in [0.1, 0.15) is 24.4 Å². The Morgan fingerprint density at radius 3 is 1.50 bits per heavy atom. The van der Waals surface area contributed by atoms with Crippen LogP contribution in [0, 0.1) is 0 Å². The first-order chi connectivity index (χ1) is 27.3. The van der Waals surface area contributed by atoms with E-state index < -0.39 is 49.5 Å². The van der Waals surface area contributed by atoms with Gasteiger partial charge < -0.3 is 40.3 Å². The largest absolute Gasteiger partial charge is 0.394 e. The van der Waals surface area contributed by atoms with Gasteiger partial charge in [0.25, 0.3) is 0 Å². The highest BCUT2D eigenvalue weighted by Crippen LogP contribution is 2.23. The predicted molar refractivity (Wildman–Crippen MR) is 230 cm³/mol. The third-order valence-electron chi connectivity index (χ3n) is 11.3. The number of rotatable bonds is 39. The molecule has 7 atom stereocenters. The van der Waals surface area contributed by atoms with E-state index in [1.165, 1.54) is 154 Å². The molecule has 1 heterocycles. The maximum absolute atomic E-state index is 12.9. The highest BCUT2D eigenvalue weighted by atomic mass is 16.7. The summed E-state index contributed by atoms with van der Waals surface area (Å²) in [6.07, 6.45) is 38.0. The van der Waals surface area contributed by atoms with Crippen molar-refractivity contribution in [2.45, 2.75) is 256 Å². The summed E-state index contributed by atoms with van der Waals surface area (Å²) in [5.74, 6) is -0.186. The molecule has 1 saturated heterocycles. The van der Waals surface area contributed by atoms with Crippen LogP contribution >= 0.6 is 0 Å². The molecular weight excluding hydrogens is 707 g/mol. The van der Waals surface area contributed by atoms with Gasteiger partial charge in [-0.2, -0.15) is 0 Å². The van der Waals surface area contributed by atoms with E-state index in [4.69, 9.17) is 9.47 Å². The zero-order valence-corrected chi connectivity index (χ0v) is 36.1. The van der Waals surface area contributed by atoms with Crippen LogP contribution in [-0.4, -0.2) is 87.5 Å². The molecule has 1 aliphatic rings. The van der Waals surface area contributed by atoms with Crippen LogP contribution in [0.3, 0.4) is 0 Å². The summed E-state index contributed by atoms with van der Waals surface area (Å²) in [4.78, 5) is 12.9. The van der Waals surface area contributed by atoms with Crippen LogP contribution < -0.4 is 5.32 Å². The first kappa shape index (κ1) is 52.7. The molecule has 1 aliphatic heterocycles. The van der Waals surface area contributed by atoms with Gasteiger partial charge in [-0.1, -0.05) is 199 Å². The maximum Gasteiger partial charge on any atom is 0.220 e. The Hall–Kier alpha value is -1.33. The van der Waals surface area contributed by atoms with Crippen LogP contribution in [0.25, 0.3) is 0 Å². The van der Waals surface area contributed by atoms with Gasteiger partial charge in [-0.3, -0.25) is 4.79 Å². The predicted octanol–water partition coefficient (Wildman–Crippen LogP) is 9.89. The maximum atomic E-state index is 12.9. The lowest BCUT2D eigenvalue weighted by Gasteiger charge is -2.40. The fraction of sp³-hybridized carbons (Fsp3) is 0.894. The van der Waals surface area contributed by atoms with Crippen molar-refractivity contribution in [1.29, 1.82) is 0 Å². The Kier molecular flexibility index (Phi) is 35.7. The van der Waals surface area contributed by atoms with Crippen LogP contribution in [0.5, 0.6) is 0 Å². The molecule has 1 amide bonds. The number of carbonyl (C=O) groups is 1. The minimum absolute atomic E-state index is 0.186. The van der Waals surface area contributed by atoms with Crippen molar-refractivity contribution < 1.29 is 39.8 Å². The normalized spacial score (nSPS) is 21.3. The minimum atomic E-state index is -1.57. The van der Waals surface area contributed by atoms with Gasteiger partial charge in [0, 0.05) is 6.42 Å². The monoisotopic (exact) mass is 796 g/mol. The topological polar surface area (TPSA) is 149 Å². The first-order valence-electron chi connectivity index (χ1n) is 23.6. The molecule has 9 heteroatoms. The standard InChI is InChI=1S/C47H89NO8/c1-3-5-7-9-11-13-15-17-18-19-20-21-22-23-24-25-26-28-30-32-34-36-41(50)40(39-55-47-46(54)45(53)44(52)42(38-49)56-47)48-43(51)37-35-33-31-29-27-16-14-12-10-8-6-4-2/h26,28,34,36,40-42,44-47,49-50,52-54H,3-25,27,29-33,35,37-39H2,1-2H3,(H,48,51)/b28-26+,36-34+. The second-order valence-corrected chi connectivity index (χ2v) is 16.5. The highest BCUT2D eigenvalue weighted by Gasteiger charge is 2.44. The van der Waals surface area contributed by atoms with E-state index in [1.807, 2.05) is 6.08 Å². The summed E-state index contributed by atoms with van der Waals surface area (Å²) in [7, 11) is 0. The molecule has 0 spiro atoms. The van der Waals surface area contributed by atoms with E-state index in [0.29, 0.717) is 6.42 Å². The third kappa shape index (κ3) is 28.2. The molecule has 0 aromatic carbocycles. The molecular formula is C47H89NO8. The van der Waals surface area contributed by atoms with Crippen LogP contribution in [0.1, 0.15) is 213 Å². The van der Waals surface area contributed by atoms with E-state index in [2.05, 4.69) is 31.3 Å². The number of aliphatic hydroxyl groups excluding tert-OH is 5. The first-order valence-corrected chi connectivity index (χ1v) is 23.6. The van der Waals surface area contributed by atoms with E-state index in [1.54, 1.807) is 6.08 Å². The van der Waals surface area contributed by atoms with E-state index in [9.17, 15) is 30.3 Å². The molecule has 0 aliphatic carbocycles. The van der Waals surface area contributed by atoms with Gasteiger partial charge in [-0.15, -0.1) is 0 Å². The number of allylic oxidation sites excluding steroid dienone is 3. The molecule has 9 nitrogen and oxygen atoms in total. The number of hydrogen-bond acceptors (Lipinski definition) is 8. The second kappa shape index (κ2) is 37.9. The van der Waals surface area contributed by atoms with Crippen LogP contribution in [0.2, 0.25) is 0 Å². The number of aliphatic hydroxyl groups is 5. The van der Waals surface area contributed by atoms with E-state index in [0.717, 1.165) is 38.5 Å². The smallest absolute Gasteiger partial charge is 0.220 e. The molecule has 0 aromatic heterocycles. The number of amides is 1. The summed E-state index contributed by atoms with van der Waals surface area (Å²) < 4.78 is 11.2. The Morgan fingerprint density at radius 2 is 1.02 bits per heavy atom. The van der Waals surface area contributed by atoms with Gasteiger partial charge in [0.05, 0.1) is 25.4 Å². The Morgan fingerprint density at radius 1 is 0.589 bits per heavy atom. The fourth-order valence-electron chi connectivity index (χ4n) is 7.47. The SMILES string of the molecule is CCCCCCCCCCCCCCCCC/C=C/CC/C=C/C(O)C(COC1OC(CO)C(O)C(O)C1O)NC(=O)CCCCCCCCCCCCCC. The molecule has 0 radical (unpaired) electrons. The summed E-state index contributed by atoms with van der Waals surface area (Å²) in [6, 6.07) is -0.816. The van der Waals surface area contributed by atoms with E-state index >= 15 is 0 Å². The minimum Gasteiger partial charge on any atom is -0.394 e. The van der Waals surface area contributed by atoms with Crippen LogP contribution in [0.4, 0.5) is 0 Å². The molecule has 7 unspecified atom stereocenters. The summed E-state index contributed by atoms with van der Waals surface area (Å²) in [6.45, 7) is 3.76.